The van der Waals surface area contributed by atoms with E-state index in [1.54, 1.807) is 0 Å². The van der Waals surface area contributed by atoms with Gasteiger partial charge in [0.1, 0.15) is 0 Å². The van der Waals surface area contributed by atoms with Gasteiger partial charge in [0.25, 0.3) is 0 Å². The van der Waals surface area contributed by atoms with Crippen molar-refractivity contribution < 1.29 is 4.74 Å². The molecule has 2 aliphatic rings. The van der Waals surface area contributed by atoms with Crippen LogP contribution in [0.5, 0.6) is 0 Å². The lowest BCUT2D eigenvalue weighted by molar-refractivity contribution is 0.0380. The Morgan fingerprint density at radius 3 is 2.47 bits per heavy atom. The third-order valence-electron chi connectivity index (χ3n) is 4.71. The van der Waals surface area contributed by atoms with Gasteiger partial charge in [0.2, 0.25) is 0 Å². The monoisotopic (exact) mass is 268 g/mol. The molecule has 0 spiro atoms. The summed E-state index contributed by atoms with van der Waals surface area (Å²) in [4.78, 5) is 2.51. The normalized spacial score (nSPS) is 24.2. The van der Waals surface area contributed by atoms with E-state index >= 15 is 0 Å². The first-order chi connectivity index (χ1) is 9.20. The fourth-order valence-corrected chi connectivity index (χ4v) is 3.86. The molecule has 0 aromatic carbocycles. The summed E-state index contributed by atoms with van der Waals surface area (Å²) in [6, 6.07) is 0. The number of morpholine rings is 1. The standard InChI is InChI=1S/C16H32N2O/c1-15(2)13-16(5-3-4-6-16)14-17-7-8-18-9-11-19-12-10-18/h15,17H,3-14H2,1-2H3. The van der Waals surface area contributed by atoms with Crippen molar-refractivity contribution >= 4 is 0 Å². The van der Waals surface area contributed by atoms with E-state index in [1.165, 1.54) is 45.2 Å². The Labute approximate surface area is 119 Å². The first-order valence-electron chi connectivity index (χ1n) is 8.21. The molecular formula is C16H32N2O. The van der Waals surface area contributed by atoms with Crippen molar-refractivity contribution in [2.24, 2.45) is 11.3 Å². The van der Waals surface area contributed by atoms with Crippen LogP contribution in [0.3, 0.4) is 0 Å². The summed E-state index contributed by atoms with van der Waals surface area (Å²) in [5, 5.41) is 3.74. The van der Waals surface area contributed by atoms with Gasteiger partial charge in [-0.1, -0.05) is 26.7 Å². The van der Waals surface area contributed by atoms with E-state index in [1.807, 2.05) is 0 Å². The Morgan fingerprint density at radius 2 is 1.84 bits per heavy atom. The molecule has 1 saturated carbocycles. The summed E-state index contributed by atoms with van der Waals surface area (Å²) in [6.45, 7) is 12.3. The number of nitrogens with zero attached hydrogens (tertiary/aromatic N) is 1. The van der Waals surface area contributed by atoms with E-state index < -0.39 is 0 Å². The van der Waals surface area contributed by atoms with E-state index in [0.29, 0.717) is 5.41 Å². The number of rotatable bonds is 7. The minimum absolute atomic E-state index is 0.610. The highest BCUT2D eigenvalue weighted by Gasteiger charge is 2.33. The Morgan fingerprint density at radius 1 is 1.16 bits per heavy atom. The molecule has 112 valence electrons. The summed E-state index contributed by atoms with van der Waals surface area (Å²) < 4.78 is 5.38. The predicted molar refractivity (Wildman–Crippen MR) is 80.5 cm³/mol. The maximum Gasteiger partial charge on any atom is 0.0594 e. The highest BCUT2D eigenvalue weighted by Crippen LogP contribution is 2.42. The molecule has 1 aliphatic heterocycles. The largest absolute Gasteiger partial charge is 0.379 e. The molecule has 0 aromatic rings. The smallest absolute Gasteiger partial charge is 0.0594 e. The van der Waals surface area contributed by atoms with E-state index in [4.69, 9.17) is 4.74 Å². The average molecular weight is 268 g/mol. The lowest BCUT2D eigenvalue weighted by Crippen LogP contribution is -2.42. The molecule has 1 heterocycles. The first kappa shape index (κ1) is 15.3. The van der Waals surface area contributed by atoms with Crippen LogP contribution in [-0.2, 0) is 4.74 Å². The highest BCUT2D eigenvalue weighted by molar-refractivity contribution is 4.87. The lowest BCUT2D eigenvalue weighted by Gasteiger charge is -2.32. The van der Waals surface area contributed by atoms with Gasteiger partial charge in [-0.15, -0.1) is 0 Å². The van der Waals surface area contributed by atoms with Crippen molar-refractivity contribution in [1.82, 2.24) is 10.2 Å². The second kappa shape index (κ2) is 7.61. The Hall–Kier alpha value is -0.120. The fourth-order valence-electron chi connectivity index (χ4n) is 3.86. The summed E-state index contributed by atoms with van der Waals surface area (Å²) in [6.07, 6.45) is 7.17. The predicted octanol–water partition coefficient (Wildman–Crippen LogP) is 2.51. The highest BCUT2D eigenvalue weighted by atomic mass is 16.5. The zero-order chi connectivity index (χ0) is 13.6. The van der Waals surface area contributed by atoms with Crippen LogP contribution in [0.15, 0.2) is 0 Å². The molecule has 0 unspecified atom stereocenters. The number of ether oxygens (including phenoxy) is 1. The maximum absolute atomic E-state index is 5.38. The minimum atomic E-state index is 0.610. The third kappa shape index (κ3) is 5.05. The van der Waals surface area contributed by atoms with Gasteiger partial charge >= 0.3 is 0 Å². The van der Waals surface area contributed by atoms with Crippen LogP contribution < -0.4 is 5.32 Å². The SMILES string of the molecule is CC(C)CC1(CNCCN2CCOCC2)CCCC1. The number of nitrogens with one attached hydrogen (secondary N) is 1. The van der Waals surface area contributed by atoms with Crippen molar-refractivity contribution in [3.63, 3.8) is 0 Å². The van der Waals surface area contributed by atoms with E-state index in [2.05, 4.69) is 24.1 Å². The van der Waals surface area contributed by atoms with Gasteiger partial charge in [-0.05, 0) is 30.6 Å². The molecule has 3 heteroatoms. The van der Waals surface area contributed by atoms with Gasteiger partial charge in [-0.2, -0.15) is 0 Å². The number of hydrogen-bond acceptors (Lipinski definition) is 3. The molecule has 2 rings (SSSR count). The molecule has 0 amide bonds. The van der Waals surface area contributed by atoms with Crippen LogP contribution >= 0.6 is 0 Å². The Balaban J connectivity index is 1.64. The molecule has 0 atom stereocenters. The topological polar surface area (TPSA) is 24.5 Å². The molecule has 3 nitrogen and oxygen atoms in total. The molecule has 0 bridgehead atoms. The molecule has 1 N–H and O–H groups in total. The van der Waals surface area contributed by atoms with Gasteiger partial charge in [0.15, 0.2) is 0 Å². The van der Waals surface area contributed by atoms with Crippen LogP contribution in [0.1, 0.15) is 46.0 Å². The molecule has 1 aliphatic carbocycles. The molecule has 2 fully saturated rings. The molecule has 0 radical (unpaired) electrons. The molecule has 0 aromatic heterocycles. The van der Waals surface area contributed by atoms with E-state index in [-0.39, 0.29) is 0 Å². The molecular weight excluding hydrogens is 236 g/mol. The summed E-state index contributed by atoms with van der Waals surface area (Å²) in [5.41, 5.74) is 0.610. The second-order valence-electron chi connectivity index (χ2n) is 6.94. The van der Waals surface area contributed by atoms with Crippen LogP contribution in [0.4, 0.5) is 0 Å². The van der Waals surface area contributed by atoms with Crippen LogP contribution in [0, 0.1) is 11.3 Å². The first-order valence-corrected chi connectivity index (χ1v) is 8.21. The number of hydrogen-bond donors (Lipinski definition) is 1. The van der Waals surface area contributed by atoms with Crippen LogP contribution in [-0.4, -0.2) is 50.8 Å². The fraction of sp³-hybridized carbons (Fsp3) is 1.00. The minimum Gasteiger partial charge on any atom is -0.379 e. The average Bonchev–Trinajstić information content (AvgIpc) is 2.84. The van der Waals surface area contributed by atoms with Crippen molar-refractivity contribution in [3.8, 4) is 0 Å². The Kier molecular flexibility index (Phi) is 6.11. The van der Waals surface area contributed by atoms with Crippen molar-refractivity contribution in [2.45, 2.75) is 46.0 Å². The second-order valence-corrected chi connectivity index (χ2v) is 6.94. The van der Waals surface area contributed by atoms with Crippen LogP contribution in [0.2, 0.25) is 0 Å². The van der Waals surface area contributed by atoms with Crippen molar-refractivity contribution in [3.05, 3.63) is 0 Å². The maximum atomic E-state index is 5.38. The van der Waals surface area contributed by atoms with Gasteiger partial charge in [-0.3, -0.25) is 4.90 Å². The van der Waals surface area contributed by atoms with E-state index in [9.17, 15) is 0 Å². The van der Waals surface area contributed by atoms with Gasteiger partial charge < -0.3 is 10.1 Å². The van der Waals surface area contributed by atoms with Crippen LogP contribution in [0.25, 0.3) is 0 Å². The lowest BCUT2D eigenvalue weighted by atomic mass is 9.78. The summed E-state index contributed by atoms with van der Waals surface area (Å²) >= 11 is 0. The van der Waals surface area contributed by atoms with E-state index in [0.717, 1.165) is 38.8 Å². The summed E-state index contributed by atoms with van der Waals surface area (Å²) in [5.74, 6) is 0.833. The molecule has 1 saturated heterocycles. The third-order valence-corrected chi connectivity index (χ3v) is 4.71. The zero-order valence-corrected chi connectivity index (χ0v) is 12.9. The van der Waals surface area contributed by atoms with Gasteiger partial charge in [0.05, 0.1) is 13.2 Å². The quantitative estimate of drug-likeness (QED) is 0.718. The zero-order valence-electron chi connectivity index (χ0n) is 12.9. The summed E-state index contributed by atoms with van der Waals surface area (Å²) in [7, 11) is 0. The van der Waals surface area contributed by atoms with Gasteiger partial charge in [-0.25, -0.2) is 0 Å². The molecule has 19 heavy (non-hydrogen) atoms. The van der Waals surface area contributed by atoms with Gasteiger partial charge in [0, 0.05) is 32.7 Å². The van der Waals surface area contributed by atoms with Crippen molar-refractivity contribution in [1.29, 1.82) is 0 Å². The Bertz CT molecular complexity index is 243. The van der Waals surface area contributed by atoms with Crippen molar-refractivity contribution in [2.75, 3.05) is 45.9 Å².